The summed E-state index contributed by atoms with van der Waals surface area (Å²) in [5, 5.41) is 6.11. The molecule has 2 N–H and O–H groups in total. The lowest BCUT2D eigenvalue weighted by atomic mass is 10.1. The fraction of sp³-hybridized carbons (Fsp3) is 0.417. The van der Waals surface area contributed by atoms with E-state index in [9.17, 15) is 9.59 Å². The Morgan fingerprint density at radius 2 is 1.74 bits per heavy atom. The predicted octanol–water partition coefficient (Wildman–Crippen LogP) is 3.00. The van der Waals surface area contributed by atoms with Crippen molar-refractivity contribution in [3.05, 3.63) is 65.7 Å². The third-order valence-corrected chi connectivity index (χ3v) is 5.84. The number of amides is 3. The van der Waals surface area contributed by atoms with E-state index in [0.29, 0.717) is 13.0 Å². The number of anilines is 1. The van der Waals surface area contributed by atoms with Gasteiger partial charge in [-0.2, -0.15) is 0 Å². The molecule has 2 aliphatic heterocycles. The highest BCUT2D eigenvalue weighted by molar-refractivity contribution is 5.90. The third-order valence-electron chi connectivity index (χ3n) is 5.84. The molecule has 0 bridgehead atoms. The number of likely N-dealkylation sites (tertiary alicyclic amines) is 1. The zero-order valence-electron chi connectivity index (χ0n) is 17.8. The van der Waals surface area contributed by atoms with Crippen LogP contribution in [0.25, 0.3) is 0 Å². The predicted molar refractivity (Wildman–Crippen MR) is 120 cm³/mol. The SMILES string of the molecule is O=C(Nc1ccccc1CN1CCOCC1)N[C@H](CN1CCCC1=O)c1ccccc1. The first-order chi connectivity index (χ1) is 15.2. The van der Waals surface area contributed by atoms with Crippen molar-refractivity contribution in [2.45, 2.75) is 25.4 Å². The van der Waals surface area contributed by atoms with Gasteiger partial charge in [0.15, 0.2) is 0 Å². The largest absolute Gasteiger partial charge is 0.379 e. The van der Waals surface area contributed by atoms with Gasteiger partial charge < -0.3 is 20.3 Å². The summed E-state index contributed by atoms with van der Waals surface area (Å²) in [5.74, 6) is 0.152. The molecule has 2 fully saturated rings. The summed E-state index contributed by atoms with van der Waals surface area (Å²) >= 11 is 0. The van der Waals surface area contributed by atoms with Crippen LogP contribution in [0, 0.1) is 0 Å². The topological polar surface area (TPSA) is 73.9 Å². The molecule has 164 valence electrons. The van der Waals surface area contributed by atoms with Crippen molar-refractivity contribution < 1.29 is 14.3 Å². The molecule has 3 amide bonds. The molecule has 2 aliphatic rings. The van der Waals surface area contributed by atoms with Crippen LogP contribution >= 0.6 is 0 Å². The molecule has 0 spiro atoms. The summed E-state index contributed by atoms with van der Waals surface area (Å²) in [5.41, 5.74) is 2.86. The molecule has 2 aromatic rings. The number of rotatable bonds is 7. The number of carbonyl (C=O) groups excluding carboxylic acids is 2. The Balaban J connectivity index is 1.43. The average Bonchev–Trinajstić information content (AvgIpc) is 3.20. The Labute approximate surface area is 183 Å². The summed E-state index contributed by atoms with van der Waals surface area (Å²) in [6.07, 6.45) is 1.46. The Kier molecular flexibility index (Phi) is 7.17. The van der Waals surface area contributed by atoms with Gasteiger partial charge in [-0.1, -0.05) is 48.5 Å². The molecule has 0 aromatic heterocycles. The molecule has 0 radical (unpaired) electrons. The zero-order chi connectivity index (χ0) is 21.5. The van der Waals surface area contributed by atoms with Crippen molar-refractivity contribution in [3.63, 3.8) is 0 Å². The molecule has 0 unspecified atom stereocenters. The second kappa shape index (κ2) is 10.4. The lowest BCUT2D eigenvalue weighted by molar-refractivity contribution is -0.128. The van der Waals surface area contributed by atoms with E-state index in [1.165, 1.54) is 0 Å². The van der Waals surface area contributed by atoms with Crippen LogP contribution in [-0.4, -0.2) is 61.1 Å². The fourth-order valence-corrected chi connectivity index (χ4v) is 4.13. The van der Waals surface area contributed by atoms with Crippen LogP contribution in [0.15, 0.2) is 54.6 Å². The number of benzene rings is 2. The van der Waals surface area contributed by atoms with Crippen LogP contribution in [0.5, 0.6) is 0 Å². The molecule has 1 atom stereocenters. The highest BCUT2D eigenvalue weighted by Gasteiger charge is 2.25. The number of hydrogen-bond acceptors (Lipinski definition) is 4. The first-order valence-electron chi connectivity index (χ1n) is 11.0. The minimum atomic E-state index is -0.269. The molecule has 7 nitrogen and oxygen atoms in total. The number of urea groups is 1. The van der Waals surface area contributed by atoms with Crippen molar-refractivity contribution in [1.29, 1.82) is 0 Å². The molecular formula is C24H30N4O3. The molecule has 0 saturated carbocycles. The monoisotopic (exact) mass is 422 g/mol. The second-order valence-corrected chi connectivity index (χ2v) is 8.05. The van der Waals surface area contributed by atoms with Crippen molar-refractivity contribution in [3.8, 4) is 0 Å². The van der Waals surface area contributed by atoms with Gasteiger partial charge >= 0.3 is 6.03 Å². The van der Waals surface area contributed by atoms with Gasteiger partial charge in [0.1, 0.15) is 0 Å². The van der Waals surface area contributed by atoms with Crippen molar-refractivity contribution >= 4 is 17.6 Å². The maximum absolute atomic E-state index is 12.9. The molecule has 2 saturated heterocycles. The summed E-state index contributed by atoms with van der Waals surface area (Å²) < 4.78 is 5.43. The highest BCUT2D eigenvalue weighted by Crippen LogP contribution is 2.21. The number of carbonyl (C=O) groups is 2. The summed E-state index contributed by atoms with van der Waals surface area (Å²) in [6, 6.07) is 17.2. The zero-order valence-corrected chi connectivity index (χ0v) is 17.8. The molecule has 4 rings (SSSR count). The highest BCUT2D eigenvalue weighted by atomic mass is 16.5. The Bertz CT molecular complexity index is 883. The minimum Gasteiger partial charge on any atom is -0.379 e. The van der Waals surface area contributed by atoms with Crippen LogP contribution in [-0.2, 0) is 16.1 Å². The van der Waals surface area contributed by atoms with Crippen molar-refractivity contribution in [2.75, 3.05) is 44.7 Å². The number of nitrogens with one attached hydrogen (secondary N) is 2. The van der Waals surface area contributed by atoms with Crippen LogP contribution in [0.4, 0.5) is 10.5 Å². The number of para-hydroxylation sites is 1. The van der Waals surface area contributed by atoms with E-state index < -0.39 is 0 Å². The molecular weight excluding hydrogens is 392 g/mol. The lowest BCUT2D eigenvalue weighted by Gasteiger charge is -2.28. The van der Waals surface area contributed by atoms with Gasteiger partial charge in [-0.25, -0.2) is 4.79 Å². The minimum absolute atomic E-state index is 0.152. The molecule has 0 aliphatic carbocycles. The second-order valence-electron chi connectivity index (χ2n) is 8.05. The summed E-state index contributed by atoms with van der Waals surface area (Å²) in [4.78, 5) is 29.2. The normalized spacial score (nSPS) is 18.1. The van der Waals surface area contributed by atoms with Gasteiger partial charge in [0, 0.05) is 44.8 Å². The summed E-state index contributed by atoms with van der Waals surface area (Å²) in [6.45, 7) is 5.25. The maximum Gasteiger partial charge on any atom is 0.319 e. The fourth-order valence-electron chi connectivity index (χ4n) is 4.13. The standard InChI is InChI=1S/C24H30N4O3/c29-23-11-6-12-28(23)18-22(19-7-2-1-3-8-19)26-24(30)25-21-10-5-4-9-20(21)17-27-13-15-31-16-14-27/h1-5,7-10,22H,6,11-18H2,(H2,25,26,30)/t22-/m1/s1. The van der Waals surface area contributed by atoms with Crippen LogP contribution in [0.2, 0.25) is 0 Å². The van der Waals surface area contributed by atoms with Crippen LogP contribution in [0.1, 0.15) is 30.0 Å². The quantitative estimate of drug-likeness (QED) is 0.719. The van der Waals surface area contributed by atoms with Crippen molar-refractivity contribution in [2.24, 2.45) is 0 Å². The van der Waals surface area contributed by atoms with E-state index in [1.807, 2.05) is 59.5 Å². The Hall–Kier alpha value is -2.90. The Morgan fingerprint density at radius 3 is 2.48 bits per heavy atom. The molecule has 2 aromatic carbocycles. The lowest BCUT2D eigenvalue weighted by Crippen LogP contribution is -2.40. The number of ether oxygens (including phenoxy) is 1. The first kappa shape index (κ1) is 21.3. The van der Waals surface area contributed by atoms with E-state index in [-0.39, 0.29) is 18.0 Å². The van der Waals surface area contributed by atoms with Gasteiger partial charge in [0.05, 0.1) is 19.3 Å². The van der Waals surface area contributed by atoms with E-state index in [2.05, 4.69) is 15.5 Å². The van der Waals surface area contributed by atoms with E-state index in [4.69, 9.17) is 4.74 Å². The molecule has 31 heavy (non-hydrogen) atoms. The summed E-state index contributed by atoms with van der Waals surface area (Å²) in [7, 11) is 0. The average molecular weight is 423 g/mol. The van der Waals surface area contributed by atoms with Crippen LogP contribution in [0.3, 0.4) is 0 Å². The van der Waals surface area contributed by atoms with Gasteiger partial charge in [0.25, 0.3) is 0 Å². The Morgan fingerprint density at radius 1 is 1.00 bits per heavy atom. The van der Waals surface area contributed by atoms with Gasteiger partial charge in [-0.05, 0) is 23.6 Å². The smallest absolute Gasteiger partial charge is 0.319 e. The number of hydrogen-bond donors (Lipinski definition) is 2. The van der Waals surface area contributed by atoms with E-state index >= 15 is 0 Å². The van der Waals surface area contributed by atoms with Gasteiger partial charge in [-0.15, -0.1) is 0 Å². The van der Waals surface area contributed by atoms with Gasteiger partial charge in [0.2, 0.25) is 5.91 Å². The van der Waals surface area contributed by atoms with Gasteiger partial charge in [-0.3, -0.25) is 9.69 Å². The van der Waals surface area contributed by atoms with Crippen LogP contribution < -0.4 is 10.6 Å². The third kappa shape index (κ3) is 5.83. The number of nitrogens with zero attached hydrogens (tertiary/aromatic N) is 2. The maximum atomic E-state index is 12.9. The van der Waals surface area contributed by atoms with Crippen molar-refractivity contribution in [1.82, 2.24) is 15.1 Å². The number of morpholine rings is 1. The first-order valence-corrected chi connectivity index (χ1v) is 11.0. The molecule has 7 heteroatoms. The van der Waals surface area contributed by atoms with E-state index in [0.717, 1.165) is 62.6 Å². The molecule has 2 heterocycles. The van der Waals surface area contributed by atoms with E-state index in [1.54, 1.807) is 0 Å².